The fourth-order valence-electron chi connectivity index (χ4n) is 1.86. The fourth-order valence-corrected chi connectivity index (χ4v) is 1.86. The van der Waals surface area contributed by atoms with E-state index in [0.29, 0.717) is 6.42 Å². The molecule has 2 rings (SSSR count). The van der Waals surface area contributed by atoms with E-state index in [1.165, 1.54) is 0 Å². The molecule has 1 fully saturated rings. The predicted octanol–water partition coefficient (Wildman–Crippen LogP) is -0.00290. The van der Waals surface area contributed by atoms with Gasteiger partial charge in [0.15, 0.2) is 0 Å². The number of rotatable bonds is 3. The van der Waals surface area contributed by atoms with Gasteiger partial charge in [0, 0.05) is 19.3 Å². The van der Waals surface area contributed by atoms with Crippen LogP contribution in [0, 0.1) is 0 Å². The first-order chi connectivity index (χ1) is 10.4. The highest BCUT2D eigenvalue weighted by Crippen LogP contribution is 2.13. The highest BCUT2D eigenvalue weighted by atomic mass is 16.5. The molecule has 1 saturated heterocycles. The van der Waals surface area contributed by atoms with Crippen LogP contribution in [0.1, 0.15) is 12.5 Å². The zero-order chi connectivity index (χ0) is 16.5. The Balaban J connectivity index is 0.000000346. The van der Waals surface area contributed by atoms with Crippen molar-refractivity contribution in [3.05, 3.63) is 23.9 Å². The molecule has 0 bridgehead atoms. The molecule has 1 aromatic heterocycles. The second-order valence-corrected chi connectivity index (χ2v) is 4.79. The lowest BCUT2D eigenvalue weighted by Gasteiger charge is -2.27. The number of carboxylic acids is 2. The second-order valence-electron chi connectivity index (χ2n) is 4.79. The van der Waals surface area contributed by atoms with Gasteiger partial charge >= 0.3 is 11.9 Å². The average Bonchev–Trinajstić information content (AvgIpc) is 2.49. The molecule has 22 heavy (non-hydrogen) atoms. The standard InChI is InChI=1S/C12H18N2O2.C2H2O4/c1-10(15)8-11-2-3-12(13-9-11)14-4-6-16-7-5-14;3-1(4)2(5)6/h2-3,9-10,15H,4-8H2,1H3;(H,3,4)(H,5,6)/t10-;/m0./s1. The summed E-state index contributed by atoms with van der Waals surface area (Å²) in [5, 5.41) is 24.1. The molecule has 0 aliphatic carbocycles. The lowest BCUT2D eigenvalue weighted by molar-refractivity contribution is -0.159. The van der Waals surface area contributed by atoms with E-state index in [-0.39, 0.29) is 6.10 Å². The van der Waals surface area contributed by atoms with Gasteiger partial charge in [-0.2, -0.15) is 0 Å². The predicted molar refractivity (Wildman–Crippen MR) is 77.9 cm³/mol. The molecule has 0 aromatic carbocycles. The van der Waals surface area contributed by atoms with Crippen molar-refractivity contribution in [1.29, 1.82) is 0 Å². The van der Waals surface area contributed by atoms with Crippen LogP contribution in [0.25, 0.3) is 0 Å². The average molecular weight is 312 g/mol. The Labute approximate surface area is 128 Å². The largest absolute Gasteiger partial charge is 0.473 e. The maximum atomic E-state index is 9.27. The Morgan fingerprint density at radius 3 is 2.27 bits per heavy atom. The smallest absolute Gasteiger partial charge is 0.414 e. The summed E-state index contributed by atoms with van der Waals surface area (Å²) in [7, 11) is 0. The van der Waals surface area contributed by atoms with Gasteiger partial charge in [0.2, 0.25) is 0 Å². The zero-order valence-corrected chi connectivity index (χ0v) is 12.3. The van der Waals surface area contributed by atoms with E-state index < -0.39 is 11.9 Å². The van der Waals surface area contributed by atoms with Crippen molar-refractivity contribution in [3.8, 4) is 0 Å². The van der Waals surface area contributed by atoms with Crippen LogP contribution in [0.2, 0.25) is 0 Å². The van der Waals surface area contributed by atoms with E-state index in [2.05, 4.69) is 9.88 Å². The van der Waals surface area contributed by atoms with Gasteiger partial charge in [-0.3, -0.25) is 0 Å². The molecule has 0 unspecified atom stereocenters. The van der Waals surface area contributed by atoms with Gasteiger partial charge in [0.25, 0.3) is 0 Å². The summed E-state index contributed by atoms with van der Waals surface area (Å²) >= 11 is 0. The Morgan fingerprint density at radius 2 is 1.86 bits per heavy atom. The quantitative estimate of drug-likeness (QED) is 0.667. The van der Waals surface area contributed by atoms with Crippen LogP contribution < -0.4 is 4.90 Å². The first kappa shape index (κ1) is 17.9. The number of carboxylic acid groups (broad SMARTS) is 2. The molecule has 0 saturated carbocycles. The van der Waals surface area contributed by atoms with E-state index in [0.717, 1.165) is 37.7 Å². The summed E-state index contributed by atoms with van der Waals surface area (Å²) in [5.41, 5.74) is 1.08. The van der Waals surface area contributed by atoms with E-state index in [1.54, 1.807) is 6.92 Å². The molecular formula is C14H20N2O6. The van der Waals surface area contributed by atoms with Crippen molar-refractivity contribution in [2.75, 3.05) is 31.2 Å². The van der Waals surface area contributed by atoms with E-state index >= 15 is 0 Å². The Morgan fingerprint density at radius 1 is 1.27 bits per heavy atom. The number of aliphatic hydroxyl groups excluding tert-OH is 1. The van der Waals surface area contributed by atoms with Crippen molar-refractivity contribution in [3.63, 3.8) is 0 Å². The van der Waals surface area contributed by atoms with Crippen LogP contribution in [0.15, 0.2) is 18.3 Å². The number of carbonyl (C=O) groups is 2. The number of aliphatic hydroxyl groups is 1. The van der Waals surface area contributed by atoms with Crippen molar-refractivity contribution in [1.82, 2.24) is 4.98 Å². The molecule has 0 spiro atoms. The van der Waals surface area contributed by atoms with Gasteiger partial charge in [-0.1, -0.05) is 6.07 Å². The number of nitrogens with zero attached hydrogens (tertiary/aromatic N) is 2. The molecule has 122 valence electrons. The molecule has 1 aromatic rings. The third-order valence-corrected chi connectivity index (χ3v) is 2.86. The highest BCUT2D eigenvalue weighted by molar-refractivity contribution is 6.27. The van der Waals surface area contributed by atoms with Crippen LogP contribution in [-0.2, 0) is 20.7 Å². The number of hydrogen-bond acceptors (Lipinski definition) is 6. The molecular weight excluding hydrogens is 292 g/mol. The molecule has 0 radical (unpaired) electrons. The molecule has 3 N–H and O–H groups in total. The third kappa shape index (κ3) is 6.51. The fraction of sp³-hybridized carbons (Fsp3) is 0.500. The Bertz CT molecular complexity index is 471. The van der Waals surface area contributed by atoms with E-state index in [9.17, 15) is 5.11 Å². The summed E-state index contributed by atoms with van der Waals surface area (Å²) < 4.78 is 5.30. The highest BCUT2D eigenvalue weighted by Gasteiger charge is 2.12. The Kier molecular flexibility index (Phi) is 7.27. The van der Waals surface area contributed by atoms with Crippen molar-refractivity contribution < 1.29 is 29.6 Å². The molecule has 1 aliphatic heterocycles. The number of hydrogen-bond donors (Lipinski definition) is 3. The van der Waals surface area contributed by atoms with Crippen LogP contribution in [-0.4, -0.2) is 64.6 Å². The monoisotopic (exact) mass is 312 g/mol. The maximum Gasteiger partial charge on any atom is 0.414 e. The molecule has 1 atom stereocenters. The molecule has 2 heterocycles. The minimum Gasteiger partial charge on any atom is -0.473 e. The number of aromatic nitrogens is 1. The maximum absolute atomic E-state index is 9.27. The topological polar surface area (TPSA) is 120 Å². The summed E-state index contributed by atoms with van der Waals surface area (Å²) in [6.45, 7) is 5.15. The number of pyridine rings is 1. The van der Waals surface area contributed by atoms with Crippen LogP contribution >= 0.6 is 0 Å². The van der Waals surface area contributed by atoms with Crippen molar-refractivity contribution in [2.24, 2.45) is 0 Å². The number of ether oxygens (including phenoxy) is 1. The first-order valence-corrected chi connectivity index (χ1v) is 6.82. The summed E-state index contributed by atoms with van der Waals surface area (Å²) in [5.74, 6) is -2.65. The van der Waals surface area contributed by atoms with E-state index in [4.69, 9.17) is 24.5 Å². The van der Waals surface area contributed by atoms with Gasteiger partial charge in [-0.15, -0.1) is 0 Å². The molecule has 1 aliphatic rings. The van der Waals surface area contributed by atoms with Crippen molar-refractivity contribution >= 4 is 17.8 Å². The second kappa shape index (κ2) is 8.96. The van der Waals surface area contributed by atoms with Gasteiger partial charge in [0.1, 0.15) is 5.82 Å². The lowest BCUT2D eigenvalue weighted by Crippen LogP contribution is -2.36. The molecule has 8 heteroatoms. The minimum atomic E-state index is -1.82. The van der Waals surface area contributed by atoms with Gasteiger partial charge < -0.3 is 25.0 Å². The van der Waals surface area contributed by atoms with E-state index in [1.807, 2.05) is 18.3 Å². The van der Waals surface area contributed by atoms with Gasteiger partial charge in [-0.05, 0) is 25.0 Å². The summed E-state index contributed by atoms with van der Waals surface area (Å²) in [6, 6.07) is 4.05. The van der Waals surface area contributed by atoms with Gasteiger partial charge in [0.05, 0.1) is 19.3 Å². The SMILES string of the molecule is C[C@H](O)Cc1ccc(N2CCOCC2)nc1.O=C(O)C(=O)O. The van der Waals surface area contributed by atoms with Crippen LogP contribution in [0.3, 0.4) is 0 Å². The summed E-state index contributed by atoms with van der Waals surface area (Å²) in [4.78, 5) is 24.8. The number of anilines is 1. The lowest BCUT2D eigenvalue weighted by atomic mass is 10.1. The third-order valence-electron chi connectivity index (χ3n) is 2.86. The normalized spacial score (nSPS) is 15.5. The van der Waals surface area contributed by atoms with Crippen LogP contribution in [0.5, 0.6) is 0 Å². The zero-order valence-electron chi connectivity index (χ0n) is 12.3. The van der Waals surface area contributed by atoms with Crippen molar-refractivity contribution in [2.45, 2.75) is 19.4 Å². The first-order valence-electron chi connectivity index (χ1n) is 6.82. The number of aliphatic carboxylic acids is 2. The minimum absolute atomic E-state index is 0.309. The molecule has 8 nitrogen and oxygen atoms in total. The summed E-state index contributed by atoms with van der Waals surface area (Å²) in [6.07, 6.45) is 2.20. The Hall–Kier alpha value is -2.19. The van der Waals surface area contributed by atoms with Crippen LogP contribution in [0.4, 0.5) is 5.82 Å². The number of morpholine rings is 1. The molecule has 0 amide bonds. The van der Waals surface area contributed by atoms with Gasteiger partial charge in [-0.25, -0.2) is 14.6 Å².